The fraction of sp³-hybridized carbons (Fsp3) is 0. The van der Waals surface area contributed by atoms with Gasteiger partial charge < -0.3 is 5.32 Å². The average Bonchev–Trinajstić information content (AvgIpc) is 2.59. The minimum absolute atomic E-state index is 0.242. The van der Waals surface area contributed by atoms with Crippen LogP contribution in [0.5, 0.6) is 0 Å². The third kappa shape index (κ3) is 3.53. The first-order valence-corrected chi connectivity index (χ1v) is 7.63. The minimum Gasteiger partial charge on any atom is -0.320 e. The molecule has 1 aromatic heterocycles. The Balaban J connectivity index is 1.80. The van der Waals surface area contributed by atoms with E-state index in [1.807, 2.05) is 0 Å². The van der Waals surface area contributed by atoms with E-state index in [9.17, 15) is 9.18 Å². The largest absolute Gasteiger partial charge is 0.320 e. The Bertz CT molecular complexity index is 901. The molecule has 0 aliphatic rings. The van der Waals surface area contributed by atoms with Crippen LogP contribution < -0.4 is 5.32 Å². The lowest BCUT2D eigenvalue weighted by atomic mass is 10.2. The van der Waals surface area contributed by atoms with Crippen molar-refractivity contribution >= 4 is 34.8 Å². The summed E-state index contributed by atoms with van der Waals surface area (Å²) >= 11 is 11.9. The molecule has 0 bridgehead atoms. The molecular weight excluding hydrogens is 352 g/mol. The van der Waals surface area contributed by atoms with Crippen LogP contribution in [0.4, 0.5) is 10.1 Å². The molecule has 0 atom stereocenters. The van der Waals surface area contributed by atoms with E-state index in [1.165, 1.54) is 24.5 Å². The predicted molar refractivity (Wildman–Crippen MR) is 91.8 cm³/mol. The van der Waals surface area contributed by atoms with Gasteiger partial charge >= 0.3 is 0 Å². The van der Waals surface area contributed by atoms with Crippen molar-refractivity contribution in [1.29, 1.82) is 0 Å². The smallest absolute Gasteiger partial charge is 0.258 e. The average molecular weight is 362 g/mol. The maximum atomic E-state index is 13.2. The number of rotatable bonds is 3. The zero-order valence-corrected chi connectivity index (χ0v) is 13.6. The van der Waals surface area contributed by atoms with Crippen molar-refractivity contribution in [1.82, 2.24) is 9.97 Å². The fourth-order valence-electron chi connectivity index (χ4n) is 2.02. The third-order valence-electron chi connectivity index (χ3n) is 3.20. The quantitative estimate of drug-likeness (QED) is 0.725. The minimum atomic E-state index is -0.426. The van der Waals surface area contributed by atoms with Crippen LogP contribution >= 0.6 is 23.2 Å². The van der Waals surface area contributed by atoms with Gasteiger partial charge in [-0.05, 0) is 24.3 Å². The molecule has 3 aromatic rings. The van der Waals surface area contributed by atoms with Gasteiger partial charge in [-0.15, -0.1) is 0 Å². The zero-order chi connectivity index (χ0) is 17.1. The van der Waals surface area contributed by atoms with Gasteiger partial charge in [-0.1, -0.05) is 41.4 Å². The highest BCUT2D eigenvalue weighted by atomic mass is 35.5. The number of halogens is 3. The predicted octanol–water partition coefficient (Wildman–Crippen LogP) is 4.84. The molecule has 2 aromatic carbocycles. The Hall–Kier alpha value is -2.50. The molecule has 0 unspecified atom stereocenters. The van der Waals surface area contributed by atoms with Gasteiger partial charge in [0.1, 0.15) is 5.82 Å². The van der Waals surface area contributed by atoms with E-state index < -0.39 is 5.91 Å². The van der Waals surface area contributed by atoms with E-state index in [-0.39, 0.29) is 16.4 Å². The van der Waals surface area contributed by atoms with E-state index in [0.717, 1.165) is 0 Å². The number of nitrogens with zero attached hydrogens (tertiary/aromatic N) is 2. The summed E-state index contributed by atoms with van der Waals surface area (Å²) in [7, 11) is 0. The van der Waals surface area contributed by atoms with E-state index in [0.29, 0.717) is 22.1 Å². The summed E-state index contributed by atoms with van der Waals surface area (Å²) in [5.74, 6) is -0.481. The lowest BCUT2D eigenvalue weighted by molar-refractivity contribution is 0.102. The lowest BCUT2D eigenvalue weighted by Gasteiger charge is -2.08. The Morgan fingerprint density at radius 1 is 1.04 bits per heavy atom. The topological polar surface area (TPSA) is 54.9 Å². The molecule has 0 radical (unpaired) electrons. The van der Waals surface area contributed by atoms with Gasteiger partial charge in [-0.2, -0.15) is 0 Å². The number of carbonyl (C=O) groups excluding carboxylic acids is 1. The number of nitrogens with one attached hydrogen (secondary N) is 1. The maximum Gasteiger partial charge on any atom is 0.258 e. The first-order chi connectivity index (χ1) is 11.5. The molecule has 0 fully saturated rings. The highest BCUT2D eigenvalue weighted by Crippen LogP contribution is 2.29. The number of hydrogen-bond donors (Lipinski definition) is 1. The Morgan fingerprint density at radius 2 is 1.75 bits per heavy atom. The number of aromatic nitrogens is 2. The van der Waals surface area contributed by atoms with E-state index >= 15 is 0 Å². The third-order valence-corrected chi connectivity index (χ3v) is 4.02. The molecule has 1 heterocycles. The van der Waals surface area contributed by atoms with Crippen LogP contribution in [-0.2, 0) is 0 Å². The Morgan fingerprint density at radius 3 is 2.46 bits per heavy atom. The number of amides is 1. The normalized spacial score (nSPS) is 10.5. The van der Waals surface area contributed by atoms with E-state index in [2.05, 4.69) is 15.3 Å². The SMILES string of the molecule is O=C(Nc1cccc(Cl)c1Cl)c1cnc(-c2cccc(F)c2)nc1. The van der Waals surface area contributed by atoms with Crippen LogP contribution in [-0.4, -0.2) is 15.9 Å². The zero-order valence-electron chi connectivity index (χ0n) is 12.1. The van der Waals surface area contributed by atoms with Crippen molar-refractivity contribution in [3.63, 3.8) is 0 Å². The molecule has 120 valence electrons. The Labute approximate surface area is 147 Å². The van der Waals surface area contributed by atoms with Crippen LogP contribution in [0.2, 0.25) is 10.0 Å². The molecule has 0 aliphatic heterocycles. The summed E-state index contributed by atoms with van der Waals surface area (Å²) in [6.45, 7) is 0. The molecule has 0 saturated carbocycles. The van der Waals surface area contributed by atoms with Gasteiger partial charge in [0, 0.05) is 18.0 Å². The van der Waals surface area contributed by atoms with Crippen molar-refractivity contribution < 1.29 is 9.18 Å². The molecule has 0 aliphatic carbocycles. The summed E-state index contributed by atoms with van der Waals surface area (Å²) < 4.78 is 13.2. The van der Waals surface area contributed by atoms with Crippen molar-refractivity contribution in [2.24, 2.45) is 0 Å². The van der Waals surface area contributed by atoms with Gasteiger partial charge in [0.05, 0.1) is 21.3 Å². The second-order valence-corrected chi connectivity index (χ2v) is 5.65. The maximum absolute atomic E-state index is 13.2. The molecule has 4 nitrogen and oxygen atoms in total. The first kappa shape index (κ1) is 16.4. The molecule has 7 heteroatoms. The second kappa shape index (κ2) is 6.95. The fourth-order valence-corrected chi connectivity index (χ4v) is 2.36. The van der Waals surface area contributed by atoms with Gasteiger partial charge in [0.2, 0.25) is 0 Å². The van der Waals surface area contributed by atoms with Gasteiger partial charge in [-0.3, -0.25) is 4.79 Å². The van der Waals surface area contributed by atoms with Crippen LogP contribution in [0.1, 0.15) is 10.4 Å². The molecule has 1 N–H and O–H groups in total. The molecule has 3 rings (SSSR count). The Kier molecular flexibility index (Phi) is 4.74. The molecule has 1 amide bonds. The summed E-state index contributed by atoms with van der Waals surface area (Å²) in [4.78, 5) is 20.4. The molecular formula is C17H10Cl2FN3O. The van der Waals surface area contributed by atoms with E-state index in [1.54, 1.807) is 30.3 Å². The van der Waals surface area contributed by atoms with Crippen molar-refractivity contribution in [3.8, 4) is 11.4 Å². The first-order valence-electron chi connectivity index (χ1n) is 6.88. The van der Waals surface area contributed by atoms with Gasteiger partial charge in [0.15, 0.2) is 5.82 Å². The van der Waals surface area contributed by atoms with Crippen LogP contribution in [0.3, 0.4) is 0 Å². The number of anilines is 1. The molecule has 0 spiro atoms. The number of carbonyl (C=O) groups is 1. The van der Waals surface area contributed by atoms with Crippen LogP contribution in [0.15, 0.2) is 54.9 Å². The number of hydrogen-bond acceptors (Lipinski definition) is 3. The second-order valence-electron chi connectivity index (χ2n) is 4.86. The van der Waals surface area contributed by atoms with Gasteiger partial charge in [-0.25, -0.2) is 14.4 Å². The number of benzene rings is 2. The lowest BCUT2D eigenvalue weighted by Crippen LogP contribution is -2.13. The molecule has 0 saturated heterocycles. The van der Waals surface area contributed by atoms with Crippen LogP contribution in [0.25, 0.3) is 11.4 Å². The van der Waals surface area contributed by atoms with Crippen molar-refractivity contribution in [2.75, 3.05) is 5.32 Å². The summed E-state index contributed by atoms with van der Waals surface area (Å²) in [5.41, 5.74) is 1.16. The standard InChI is InChI=1S/C17H10Cl2FN3O/c18-13-5-2-6-14(15(13)19)23-17(24)11-8-21-16(22-9-11)10-3-1-4-12(20)7-10/h1-9H,(H,23,24). The van der Waals surface area contributed by atoms with Crippen molar-refractivity contribution in [3.05, 3.63) is 76.3 Å². The monoisotopic (exact) mass is 361 g/mol. The summed E-state index contributed by atoms with van der Waals surface area (Å²) in [6.07, 6.45) is 2.72. The van der Waals surface area contributed by atoms with Gasteiger partial charge in [0.25, 0.3) is 5.91 Å². The van der Waals surface area contributed by atoms with Crippen molar-refractivity contribution in [2.45, 2.75) is 0 Å². The summed E-state index contributed by atoms with van der Waals surface area (Å²) in [5, 5.41) is 3.23. The van der Waals surface area contributed by atoms with E-state index in [4.69, 9.17) is 23.2 Å². The summed E-state index contributed by atoms with van der Waals surface area (Å²) in [6, 6.07) is 10.8. The van der Waals surface area contributed by atoms with Crippen LogP contribution in [0, 0.1) is 5.82 Å². The molecule has 24 heavy (non-hydrogen) atoms. The highest BCUT2D eigenvalue weighted by Gasteiger charge is 2.12. The highest BCUT2D eigenvalue weighted by molar-refractivity contribution is 6.44.